The molecule has 0 fully saturated rings. The quantitative estimate of drug-likeness (QED) is 0.442. The van der Waals surface area contributed by atoms with Gasteiger partial charge in [-0.1, -0.05) is 49.2 Å². The van der Waals surface area contributed by atoms with Crippen molar-refractivity contribution in [2.75, 3.05) is 31.1 Å². The fraction of sp³-hybridized carbons (Fsp3) is 0.409. The Balaban J connectivity index is 2.15. The molecule has 0 aromatic heterocycles. The zero-order valence-corrected chi connectivity index (χ0v) is 21.0. The van der Waals surface area contributed by atoms with E-state index in [2.05, 4.69) is 0 Å². The smallest absolute Gasteiger partial charge is 0.185 e. The van der Waals surface area contributed by atoms with Crippen LogP contribution >= 0.6 is 34.8 Å². The predicted octanol–water partition coefficient (Wildman–Crippen LogP) is 4.29. The molecule has 0 aliphatic heterocycles. The van der Waals surface area contributed by atoms with Gasteiger partial charge in [-0.05, 0) is 35.4 Å². The Morgan fingerprint density at radius 1 is 1.06 bits per heavy atom. The molecule has 32 heavy (non-hydrogen) atoms. The van der Waals surface area contributed by atoms with Gasteiger partial charge in [0.05, 0.1) is 15.9 Å². The first-order valence-electron chi connectivity index (χ1n) is 9.62. The summed E-state index contributed by atoms with van der Waals surface area (Å²) in [5, 5.41) is 10.2. The summed E-state index contributed by atoms with van der Waals surface area (Å²) in [6, 6.07) is 10.6. The first-order valence-corrected chi connectivity index (χ1v) is 13.0. The Kier molecular flexibility index (Phi) is 9.25. The molecule has 6 nitrogen and oxygen atoms in total. The first-order chi connectivity index (χ1) is 14.8. The number of rotatable bonds is 11. The number of aliphatic hydroxyl groups excluding tert-OH is 1. The van der Waals surface area contributed by atoms with Gasteiger partial charge in [0.1, 0.15) is 30.8 Å². The number of carbonyl (C=O) groups excluding carboxylic acids is 1. The molecule has 2 aromatic carbocycles. The maximum atomic E-state index is 11.7. The van der Waals surface area contributed by atoms with E-state index in [-0.39, 0.29) is 24.8 Å². The fourth-order valence-electron chi connectivity index (χ4n) is 2.92. The van der Waals surface area contributed by atoms with Gasteiger partial charge in [0.25, 0.3) is 0 Å². The van der Waals surface area contributed by atoms with Gasteiger partial charge >= 0.3 is 0 Å². The number of halogens is 3. The van der Waals surface area contributed by atoms with E-state index in [4.69, 9.17) is 44.3 Å². The standard InChI is InChI=1S/C22H25Cl3O6S/c1-22(2,15-8-19(24)21(20(25)9-15)31-11-16(26)10-23)14-4-6-18(7-5-14)30-12-17(27)13-32(3,28)29/h4-9,16,26H,10-13H2,1-3H3. The summed E-state index contributed by atoms with van der Waals surface area (Å²) >= 11 is 18.3. The van der Waals surface area contributed by atoms with Crippen molar-refractivity contribution < 1.29 is 27.8 Å². The highest BCUT2D eigenvalue weighted by Gasteiger charge is 2.26. The maximum absolute atomic E-state index is 11.7. The Morgan fingerprint density at radius 2 is 1.62 bits per heavy atom. The number of aliphatic hydroxyl groups is 1. The van der Waals surface area contributed by atoms with Gasteiger partial charge in [-0.15, -0.1) is 11.6 Å². The number of sulfone groups is 1. The van der Waals surface area contributed by atoms with E-state index in [0.29, 0.717) is 15.8 Å². The summed E-state index contributed by atoms with van der Waals surface area (Å²) in [7, 11) is -3.38. The molecule has 0 spiro atoms. The van der Waals surface area contributed by atoms with Gasteiger partial charge in [-0.3, -0.25) is 4.79 Å². The number of alkyl halides is 1. The third kappa shape index (κ3) is 7.52. The molecule has 10 heteroatoms. The molecule has 0 heterocycles. The van der Waals surface area contributed by atoms with Crippen LogP contribution in [0.25, 0.3) is 0 Å². The number of carbonyl (C=O) groups is 1. The van der Waals surface area contributed by atoms with Crippen LogP contribution in [0.15, 0.2) is 36.4 Å². The summed E-state index contributed by atoms with van der Waals surface area (Å²) in [5.74, 6) is -0.304. The minimum atomic E-state index is -3.38. The van der Waals surface area contributed by atoms with Gasteiger partial charge in [-0.25, -0.2) is 8.42 Å². The lowest BCUT2D eigenvalue weighted by atomic mass is 9.78. The molecule has 0 aliphatic rings. The van der Waals surface area contributed by atoms with E-state index < -0.39 is 32.9 Å². The molecule has 1 unspecified atom stereocenters. The van der Waals surface area contributed by atoms with Crippen molar-refractivity contribution in [2.45, 2.75) is 25.4 Å². The van der Waals surface area contributed by atoms with E-state index in [0.717, 1.165) is 17.4 Å². The second-order valence-electron chi connectivity index (χ2n) is 7.93. The minimum absolute atomic E-state index is 0.0279. The van der Waals surface area contributed by atoms with Crippen LogP contribution in [0.5, 0.6) is 11.5 Å². The zero-order valence-electron chi connectivity index (χ0n) is 17.9. The van der Waals surface area contributed by atoms with Crippen LogP contribution in [-0.4, -0.2) is 56.5 Å². The van der Waals surface area contributed by atoms with Crippen molar-refractivity contribution in [1.82, 2.24) is 0 Å². The van der Waals surface area contributed by atoms with Crippen molar-refractivity contribution in [2.24, 2.45) is 0 Å². The molecule has 176 valence electrons. The van der Waals surface area contributed by atoms with Crippen LogP contribution in [0.1, 0.15) is 25.0 Å². The van der Waals surface area contributed by atoms with Crippen molar-refractivity contribution in [3.63, 3.8) is 0 Å². The lowest BCUT2D eigenvalue weighted by Gasteiger charge is -2.27. The summed E-state index contributed by atoms with van der Waals surface area (Å²) < 4.78 is 33.2. The molecule has 1 N–H and O–H groups in total. The Hall–Kier alpha value is -1.51. The summed E-state index contributed by atoms with van der Waals surface area (Å²) in [4.78, 5) is 11.7. The molecule has 0 amide bonds. The highest BCUT2D eigenvalue weighted by atomic mass is 35.5. The van der Waals surface area contributed by atoms with Gasteiger partial charge in [-0.2, -0.15) is 0 Å². The SMILES string of the molecule is CC(C)(c1ccc(OCC(=O)CS(C)(=O)=O)cc1)c1cc(Cl)c(OCC(O)CCl)c(Cl)c1. The number of Topliss-reactive ketones (excluding diaryl/α,β-unsaturated/α-hetero) is 1. The number of ether oxygens (including phenoxy) is 2. The highest BCUT2D eigenvalue weighted by Crippen LogP contribution is 2.40. The van der Waals surface area contributed by atoms with Crippen molar-refractivity contribution in [3.05, 3.63) is 57.6 Å². The number of hydrogen-bond acceptors (Lipinski definition) is 6. The van der Waals surface area contributed by atoms with Crippen LogP contribution < -0.4 is 9.47 Å². The Labute approximate surface area is 203 Å². The van der Waals surface area contributed by atoms with Crippen LogP contribution in [0.2, 0.25) is 10.0 Å². The third-order valence-electron chi connectivity index (χ3n) is 4.72. The molecular formula is C22H25Cl3O6S. The van der Waals surface area contributed by atoms with Crippen molar-refractivity contribution in [1.29, 1.82) is 0 Å². The zero-order chi connectivity index (χ0) is 24.1. The molecule has 0 radical (unpaired) electrons. The van der Waals surface area contributed by atoms with Crippen molar-refractivity contribution in [3.8, 4) is 11.5 Å². The lowest BCUT2D eigenvalue weighted by molar-refractivity contribution is -0.118. The summed E-state index contributed by atoms with van der Waals surface area (Å²) in [5.41, 5.74) is 1.30. The van der Waals surface area contributed by atoms with Crippen molar-refractivity contribution >= 4 is 50.4 Å². The second kappa shape index (κ2) is 11.1. The predicted molar refractivity (Wildman–Crippen MR) is 127 cm³/mol. The van der Waals surface area contributed by atoms with Gasteiger partial charge in [0.15, 0.2) is 21.4 Å². The van der Waals surface area contributed by atoms with Gasteiger partial charge in [0, 0.05) is 11.7 Å². The topological polar surface area (TPSA) is 89.9 Å². The molecule has 0 bridgehead atoms. The molecule has 0 aliphatic carbocycles. The van der Waals surface area contributed by atoms with Crippen LogP contribution in [0, 0.1) is 0 Å². The molecule has 0 saturated carbocycles. The Morgan fingerprint density at radius 3 is 2.12 bits per heavy atom. The number of hydrogen-bond donors (Lipinski definition) is 1. The normalized spacial score (nSPS) is 13.0. The number of benzene rings is 2. The molecule has 2 rings (SSSR count). The van der Waals surface area contributed by atoms with E-state index in [9.17, 15) is 18.3 Å². The summed E-state index contributed by atoms with van der Waals surface area (Å²) in [6.07, 6.45) is 0.171. The maximum Gasteiger partial charge on any atom is 0.185 e. The van der Waals surface area contributed by atoms with Gasteiger partial charge in [0.2, 0.25) is 0 Å². The minimum Gasteiger partial charge on any atom is -0.488 e. The second-order valence-corrected chi connectivity index (χ2v) is 11.2. The summed E-state index contributed by atoms with van der Waals surface area (Å²) in [6.45, 7) is 3.65. The first kappa shape index (κ1) is 26.7. The van der Waals surface area contributed by atoms with E-state index in [1.165, 1.54) is 0 Å². The number of ketones is 1. The molecule has 2 aromatic rings. The monoisotopic (exact) mass is 522 g/mol. The Bertz CT molecular complexity index is 1030. The van der Waals surface area contributed by atoms with Crippen LogP contribution in [-0.2, 0) is 20.0 Å². The van der Waals surface area contributed by atoms with E-state index in [1.807, 2.05) is 26.0 Å². The molecular weight excluding hydrogens is 499 g/mol. The molecule has 1 atom stereocenters. The average molecular weight is 524 g/mol. The largest absolute Gasteiger partial charge is 0.488 e. The molecule has 0 saturated heterocycles. The van der Waals surface area contributed by atoms with Crippen LogP contribution in [0.4, 0.5) is 0 Å². The van der Waals surface area contributed by atoms with E-state index >= 15 is 0 Å². The van der Waals surface area contributed by atoms with E-state index in [1.54, 1.807) is 24.3 Å². The third-order valence-corrected chi connectivity index (χ3v) is 6.48. The highest BCUT2D eigenvalue weighted by molar-refractivity contribution is 7.91. The average Bonchev–Trinajstić information content (AvgIpc) is 2.70. The lowest BCUT2D eigenvalue weighted by Crippen LogP contribution is -2.21. The fourth-order valence-corrected chi connectivity index (χ4v) is 4.27. The van der Waals surface area contributed by atoms with Crippen LogP contribution in [0.3, 0.4) is 0 Å². The van der Waals surface area contributed by atoms with Gasteiger partial charge < -0.3 is 14.6 Å².